The normalized spacial score (nSPS) is 16.0. The van der Waals surface area contributed by atoms with Gasteiger partial charge in [-0.2, -0.15) is 5.10 Å². The van der Waals surface area contributed by atoms with Crippen LogP contribution >= 0.6 is 0 Å². The quantitative estimate of drug-likeness (QED) is 0.845. The molecule has 0 amide bonds. The molecule has 104 valence electrons. The number of likely N-dealkylation sites (N-methyl/N-ethyl adjacent to an activating group) is 1. The molecular weight excluding hydrogens is 224 g/mol. The summed E-state index contributed by atoms with van der Waals surface area (Å²) in [5.41, 5.74) is 7.67. The Morgan fingerprint density at radius 2 is 2.06 bits per heavy atom. The van der Waals surface area contributed by atoms with Crippen molar-refractivity contribution in [3.8, 4) is 0 Å². The third-order valence-electron chi connectivity index (χ3n) is 4.18. The first-order valence-corrected chi connectivity index (χ1v) is 6.80. The topological polar surface area (TPSA) is 47.1 Å². The van der Waals surface area contributed by atoms with E-state index in [-0.39, 0.29) is 17.6 Å². The predicted octanol–water partition coefficient (Wildman–Crippen LogP) is 2.32. The van der Waals surface area contributed by atoms with E-state index in [0.717, 1.165) is 12.8 Å². The lowest BCUT2D eigenvalue weighted by Crippen LogP contribution is -2.48. The van der Waals surface area contributed by atoms with Gasteiger partial charge in [-0.3, -0.25) is 9.58 Å². The molecule has 0 saturated carbocycles. The minimum atomic E-state index is 0.130. The van der Waals surface area contributed by atoms with Crippen molar-refractivity contribution in [2.24, 2.45) is 12.8 Å². The molecule has 0 spiro atoms. The Balaban J connectivity index is 3.06. The Hall–Kier alpha value is -0.870. The van der Waals surface area contributed by atoms with Crippen molar-refractivity contribution < 1.29 is 0 Å². The maximum Gasteiger partial charge on any atom is 0.0538 e. The second kappa shape index (κ2) is 5.85. The van der Waals surface area contributed by atoms with Crippen LogP contribution < -0.4 is 5.73 Å². The zero-order valence-electron chi connectivity index (χ0n) is 12.6. The minimum Gasteiger partial charge on any atom is -0.326 e. The zero-order valence-corrected chi connectivity index (χ0v) is 12.6. The molecule has 2 atom stereocenters. The number of hydrogen-bond acceptors (Lipinski definition) is 3. The molecule has 1 heterocycles. The summed E-state index contributed by atoms with van der Waals surface area (Å²) in [6, 6.07) is 0.351. The van der Waals surface area contributed by atoms with Crippen LogP contribution in [-0.2, 0) is 7.05 Å². The molecule has 0 fully saturated rings. The highest BCUT2D eigenvalue weighted by Crippen LogP contribution is 2.31. The lowest BCUT2D eigenvalue weighted by molar-refractivity contribution is 0.0806. The number of nitrogens with two attached hydrogens (primary N) is 1. The van der Waals surface area contributed by atoms with Crippen LogP contribution in [0.3, 0.4) is 0 Å². The van der Waals surface area contributed by atoms with Gasteiger partial charge in [-0.05, 0) is 33.7 Å². The van der Waals surface area contributed by atoms with Crippen molar-refractivity contribution in [2.75, 3.05) is 7.05 Å². The minimum absolute atomic E-state index is 0.130. The van der Waals surface area contributed by atoms with Crippen molar-refractivity contribution in [3.63, 3.8) is 0 Å². The fourth-order valence-corrected chi connectivity index (χ4v) is 2.20. The van der Waals surface area contributed by atoms with E-state index in [1.54, 1.807) is 0 Å². The Morgan fingerprint density at radius 3 is 2.44 bits per heavy atom. The predicted molar refractivity (Wildman–Crippen MR) is 76.3 cm³/mol. The molecule has 0 radical (unpaired) electrons. The van der Waals surface area contributed by atoms with E-state index in [9.17, 15) is 0 Å². The lowest BCUT2D eigenvalue weighted by atomic mass is 9.91. The summed E-state index contributed by atoms with van der Waals surface area (Å²) < 4.78 is 1.84. The Labute approximate surface area is 111 Å². The average Bonchev–Trinajstić information content (AvgIpc) is 2.75. The summed E-state index contributed by atoms with van der Waals surface area (Å²) in [4.78, 5) is 2.39. The number of rotatable bonds is 6. The van der Waals surface area contributed by atoms with Gasteiger partial charge in [0, 0.05) is 30.4 Å². The molecule has 18 heavy (non-hydrogen) atoms. The van der Waals surface area contributed by atoms with Crippen LogP contribution in [0.1, 0.15) is 52.1 Å². The molecule has 4 heteroatoms. The van der Waals surface area contributed by atoms with E-state index in [1.807, 2.05) is 17.9 Å². The average molecular weight is 252 g/mol. The van der Waals surface area contributed by atoms with Crippen LogP contribution in [0.5, 0.6) is 0 Å². The summed E-state index contributed by atoms with van der Waals surface area (Å²) in [6.07, 6.45) is 6.06. The van der Waals surface area contributed by atoms with E-state index in [0.29, 0.717) is 0 Å². The highest BCUT2D eigenvalue weighted by Gasteiger charge is 2.32. The fraction of sp³-hybridized carbons (Fsp3) is 0.786. The van der Waals surface area contributed by atoms with Gasteiger partial charge in [0.2, 0.25) is 0 Å². The van der Waals surface area contributed by atoms with E-state index < -0.39 is 0 Å². The third kappa shape index (κ3) is 3.12. The highest BCUT2D eigenvalue weighted by atomic mass is 15.3. The summed E-state index contributed by atoms with van der Waals surface area (Å²) in [6.45, 7) is 8.88. The van der Waals surface area contributed by atoms with Crippen LogP contribution in [0, 0.1) is 0 Å². The molecular formula is C14H28N4. The summed E-state index contributed by atoms with van der Waals surface area (Å²) in [5.74, 6) is 0. The van der Waals surface area contributed by atoms with Gasteiger partial charge in [0.1, 0.15) is 0 Å². The highest BCUT2D eigenvalue weighted by molar-refractivity contribution is 5.14. The first-order valence-electron chi connectivity index (χ1n) is 6.80. The second-order valence-corrected chi connectivity index (χ2v) is 5.74. The van der Waals surface area contributed by atoms with Gasteiger partial charge in [-0.25, -0.2) is 0 Å². The van der Waals surface area contributed by atoms with Crippen molar-refractivity contribution in [1.82, 2.24) is 14.7 Å². The molecule has 0 aromatic carbocycles. The van der Waals surface area contributed by atoms with E-state index in [4.69, 9.17) is 5.73 Å². The van der Waals surface area contributed by atoms with Crippen LogP contribution in [0.4, 0.5) is 0 Å². The number of nitrogens with zero attached hydrogens (tertiary/aromatic N) is 3. The maximum absolute atomic E-state index is 6.33. The van der Waals surface area contributed by atoms with Gasteiger partial charge >= 0.3 is 0 Å². The van der Waals surface area contributed by atoms with E-state index in [1.165, 1.54) is 5.56 Å². The fourth-order valence-electron chi connectivity index (χ4n) is 2.20. The number of aromatic nitrogens is 2. The number of hydrogen-bond donors (Lipinski definition) is 1. The monoisotopic (exact) mass is 252 g/mol. The largest absolute Gasteiger partial charge is 0.326 e. The molecule has 0 aliphatic heterocycles. The first-order chi connectivity index (χ1) is 8.33. The lowest BCUT2D eigenvalue weighted by Gasteiger charge is -2.42. The van der Waals surface area contributed by atoms with E-state index in [2.05, 4.69) is 50.9 Å². The van der Waals surface area contributed by atoms with Gasteiger partial charge in [-0.15, -0.1) is 0 Å². The third-order valence-corrected chi connectivity index (χ3v) is 4.18. The van der Waals surface area contributed by atoms with E-state index >= 15 is 0 Å². The van der Waals surface area contributed by atoms with Gasteiger partial charge in [0.15, 0.2) is 0 Å². The molecule has 1 rings (SSSR count). The standard InChI is InChI=1S/C14H28N4/c1-7-12(15)13(11-9-16-17(5)10-11)18(6)14(3,4)8-2/h9-10,12-13H,7-8,15H2,1-6H3. The first kappa shape index (κ1) is 15.2. The van der Waals surface area contributed by atoms with Gasteiger partial charge in [0.05, 0.1) is 12.2 Å². The summed E-state index contributed by atoms with van der Waals surface area (Å²) in [7, 11) is 4.11. The van der Waals surface area contributed by atoms with Crippen LogP contribution in [0.15, 0.2) is 12.4 Å². The second-order valence-electron chi connectivity index (χ2n) is 5.74. The number of aryl methyl sites for hydroxylation is 1. The van der Waals surface area contributed by atoms with Gasteiger partial charge in [-0.1, -0.05) is 13.8 Å². The van der Waals surface area contributed by atoms with Gasteiger partial charge < -0.3 is 5.73 Å². The Morgan fingerprint density at radius 1 is 1.44 bits per heavy atom. The molecule has 2 unspecified atom stereocenters. The van der Waals surface area contributed by atoms with Crippen molar-refractivity contribution in [1.29, 1.82) is 0 Å². The van der Waals surface area contributed by atoms with Crippen LogP contribution in [0.2, 0.25) is 0 Å². The molecule has 0 bridgehead atoms. The maximum atomic E-state index is 6.33. The molecule has 0 saturated heterocycles. The molecule has 1 aromatic rings. The van der Waals surface area contributed by atoms with Gasteiger partial charge in [0.25, 0.3) is 0 Å². The molecule has 4 nitrogen and oxygen atoms in total. The zero-order chi connectivity index (χ0) is 13.9. The smallest absolute Gasteiger partial charge is 0.0538 e. The summed E-state index contributed by atoms with van der Waals surface area (Å²) in [5, 5.41) is 4.28. The summed E-state index contributed by atoms with van der Waals surface area (Å²) >= 11 is 0. The molecule has 0 aliphatic carbocycles. The Bertz CT molecular complexity index is 370. The molecule has 2 N–H and O–H groups in total. The SMILES string of the molecule is CCC(N)C(c1cnn(C)c1)N(C)C(C)(C)CC. The van der Waals surface area contributed by atoms with Crippen molar-refractivity contribution in [2.45, 2.75) is 58.2 Å². The molecule has 0 aliphatic rings. The van der Waals surface area contributed by atoms with Crippen LogP contribution in [0.25, 0.3) is 0 Å². The molecule has 1 aromatic heterocycles. The Kier molecular flexibility index (Phi) is 4.93. The van der Waals surface area contributed by atoms with Crippen molar-refractivity contribution >= 4 is 0 Å². The van der Waals surface area contributed by atoms with Crippen LogP contribution in [-0.4, -0.2) is 33.3 Å². The van der Waals surface area contributed by atoms with Crippen molar-refractivity contribution in [3.05, 3.63) is 18.0 Å².